The topological polar surface area (TPSA) is 93.9 Å². The number of rotatable bonds is 4. The second kappa shape index (κ2) is 6.00. The minimum atomic E-state index is 0.211. The van der Waals surface area contributed by atoms with Gasteiger partial charge in [0.15, 0.2) is 0 Å². The summed E-state index contributed by atoms with van der Waals surface area (Å²) in [6.07, 6.45) is 4.19. The summed E-state index contributed by atoms with van der Waals surface area (Å²) >= 11 is 0. The van der Waals surface area contributed by atoms with E-state index in [1.54, 1.807) is 13.4 Å². The second-order valence-electron chi connectivity index (χ2n) is 4.70. The molecule has 1 aliphatic rings. The summed E-state index contributed by atoms with van der Waals surface area (Å²) in [4.78, 5) is 19.2. The maximum absolute atomic E-state index is 5.68. The quantitative estimate of drug-likeness (QED) is 0.848. The SMILES string of the molecule is CCC1CN(c2nc(NC)nc(-n3cncn3)n2)CCO1. The van der Waals surface area contributed by atoms with Gasteiger partial charge in [-0.25, -0.2) is 4.98 Å². The highest BCUT2D eigenvalue weighted by atomic mass is 16.5. The molecule has 1 unspecified atom stereocenters. The van der Waals surface area contributed by atoms with Gasteiger partial charge in [0.25, 0.3) is 5.95 Å². The van der Waals surface area contributed by atoms with E-state index in [-0.39, 0.29) is 6.10 Å². The molecule has 112 valence electrons. The zero-order chi connectivity index (χ0) is 14.7. The largest absolute Gasteiger partial charge is 0.375 e. The van der Waals surface area contributed by atoms with Gasteiger partial charge in [0.2, 0.25) is 11.9 Å². The number of anilines is 2. The fraction of sp³-hybridized carbons (Fsp3) is 0.583. The Morgan fingerprint density at radius 3 is 2.90 bits per heavy atom. The Morgan fingerprint density at radius 1 is 1.33 bits per heavy atom. The van der Waals surface area contributed by atoms with Gasteiger partial charge in [-0.1, -0.05) is 6.92 Å². The van der Waals surface area contributed by atoms with Crippen LogP contribution >= 0.6 is 0 Å². The molecule has 3 rings (SSSR count). The number of hydrogen-bond acceptors (Lipinski definition) is 8. The predicted octanol–water partition coefficient (Wildman–Crippen LogP) is 0.109. The Labute approximate surface area is 122 Å². The van der Waals surface area contributed by atoms with Crippen LogP contribution in [0.1, 0.15) is 13.3 Å². The van der Waals surface area contributed by atoms with Gasteiger partial charge < -0.3 is 15.0 Å². The average molecular weight is 290 g/mol. The molecule has 1 atom stereocenters. The molecule has 9 heteroatoms. The van der Waals surface area contributed by atoms with Crippen LogP contribution in [0.25, 0.3) is 5.95 Å². The van der Waals surface area contributed by atoms with Gasteiger partial charge in [0.1, 0.15) is 12.7 Å². The molecule has 1 N–H and O–H groups in total. The van der Waals surface area contributed by atoms with Crippen LogP contribution in [0.2, 0.25) is 0 Å². The second-order valence-corrected chi connectivity index (χ2v) is 4.70. The summed E-state index contributed by atoms with van der Waals surface area (Å²) in [6.45, 7) is 4.33. The van der Waals surface area contributed by atoms with Crippen LogP contribution < -0.4 is 10.2 Å². The van der Waals surface area contributed by atoms with E-state index in [4.69, 9.17) is 4.74 Å². The Balaban J connectivity index is 1.92. The Bertz CT molecular complexity index is 587. The Kier molecular flexibility index (Phi) is 3.91. The van der Waals surface area contributed by atoms with Crippen molar-refractivity contribution >= 4 is 11.9 Å². The van der Waals surface area contributed by atoms with Crippen molar-refractivity contribution < 1.29 is 4.74 Å². The van der Waals surface area contributed by atoms with Crippen LogP contribution in [0.15, 0.2) is 12.7 Å². The number of hydrogen-bond donors (Lipinski definition) is 1. The highest BCUT2D eigenvalue weighted by molar-refractivity contribution is 5.40. The van der Waals surface area contributed by atoms with Gasteiger partial charge in [-0.15, -0.1) is 0 Å². The van der Waals surface area contributed by atoms with Crippen molar-refractivity contribution in [3.8, 4) is 5.95 Å². The van der Waals surface area contributed by atoms with E-state index in [9.17, 15) is 0 Å². The fourth-order valence-corrected chi connectivity index (χ4v) is 2.17. The lowest BCUT2D eigenvalue weighted by Crippen LogP contribution is -2.43. The molecule has 0 bridgehead atoms. The van der Waals surface area contributed by atoms with Crippen molar-refractivity contribution in [2.75, 3.05) is 37.0 Å². The Hall–Kier alpha value is -2.29. The summed E-state index contributed by atoms with van der Waals surface area (Å²) in [5, 5.41) is 7.01. The van der Waals surface area contributed by atoms with Crippen LogP contribution in [0.4, 0.5) is 11.9 Å². The lowest BCUT2D eigenvalue weighted by molar-refractivity contribution is 0.0378. The van der Waals surface area contributed by atoms with Gasteiger partial charge in [-0.3, -0.25) is 0 Å². The normalized spacial score (nSPS) is 18.8. The molecule has 0 aromatic carbocycles. The first-order valence-electron chi connectivity index (χ1n) is 6.95. The van der Waals surface area contributed by atoms with E-state index in [2.05, 4.69) is 42.2 Å². The smallest absolute Gasteiger partial charge is 0.258 e. The van der Waals surface area contributed by atoms with Crippen molar-refractivity contribution in [1.82, 2.24) is 29.7 Å². The monoisotopic (exact) mass is 290 g/mol. The molecule has 0 spiro atoms. The maximum Gasteiger partial charge on any atom is 0.258 e. The Morgan fingerprint density at radius 2 is 2.19 bits per heavy atom. The minimum Gasteiger partial charge on any atom is -0.375 e. The molecule has 1 saturated heterocycles. The van der Waals surface area contributed by atoms with E-state index in [1.807, 2.05) is 0 Å². The van der Waals surface area contributed by atoms with Gasteiger partial charge >= 0.3 is 0 Å². The molecular weight excluding hydrogens is 272 g/mol. The third kappa shape index (κ3) is 2.92. The maximum atomic E-state index is 5.68. The summed E-state index contributed by atoms with van der Waals surface area (Å²) < 4.78 is 7.20. The van der Waals surface area contributed by atoms with Crippen LogP contribution in [0, 0.1) is 0 Å². The van der Waals surface area contributed by atoms with Gasteiger partial charge in [-0.05, 0) is 6.42 Å². The van der Waals surface area contributed by atoms with E-state index >= 15 is 0 Å². The first-order valence-corrected chi connectivity index (χ1v) is 6.95. The molecule has 0 amide bonds. The van der Waals surface area contributed by atoms with Gasteiger partial charge in [0, 0.05) is 20.1 Å². The van der Waals surface area contributed by atoms with Crippen LogP contribution in [0.5, 0.6) is 0 Å². The highest BCUT2D eigenvalue weighted by Crippen LogP contribution is 2.17. The van der Waals surface area contributed by atoms with Crippen molar-refractivity contribution in [3.05, 3.63) is 12.7 Å². The van der Waals surface area contributed by atoms with Crippen molar-refractivity contribution in [1.29, 1.82) is 0 Å². The third-order valence-electron chi connectivity index (χ3n) is 3.34. The molecule has 2 aromatic rings. The molecule has 0 saturated carbocycles. The molecule has 3 heterocycles. The molecular formula is C12H18N8O. The van der Waals surface area contributed by atoms with Crippen molar-refractivity contribution in [2.24, 2.45) is 0 Å². The minimum absolute atomic E-state index is 0.211. The van der Waals surface area contributed by atoms with Crippen LogP contribution in [-0.4, -0.2) is 62.6 Å². The summed E-state index contributed by atoms with van der Waals surface area (Å²) in [6, 6.07) is 0. The van der Waals surface area contributed by atoms with Crippen LogP contribution in [0.3, 0.4) is 0 Å². The number of morpholine rings is 1. The average Bonchev–Trinajstić information content (AvgIpc) is 3.09. The summed E-state index contributed by atoms with van der Waals surface area (Å²) in [5.74, 6) is 1.58. The van der Waals surface area contributed by atoms with E-state index in [0.717, 1.165) is 19.5 Å². The number of nitrogens with one attached hydrogen (secondary N) is 1. The number of ether oxygens (including phenoxy) is 1. The fourth-order valence-electron chi connectivity index (χ4n) is 2.17. The molecule has 0 radical (unpaired) electrons. The predicted molar refractivity (Wildman–Crippen MR) is 76.5 cm³/mol. The lowest BCUT2D eigenvalue weighted by Gasteiger charge is -2.32. The summed E-state index contributed by atoms with van der Waals surface area (Å²) in [5.41, 5.74) is 0. The molecule has 21 heavy (non-hydrogen) atoms. The first-order chi connectivity index (χ1) is 10.3. The molecule has 0 aliphatic carbocycles. The zero-order valence-electron chi connectivity index (χ0n) is 12.1. The molecule has 9 nitrogen and oxygen atoms in total. The zero-order valence-corrected chi connectivity index (χ0v) is 12.1. The third-order valence-corrected chi connectivity index (χ3v) is 3.34. The van der Waals surface area contributed by atoms with Gasteiger partial charge in [0.05, 0.1) is 12.7 Å². The van der Waals surface area contributed by atoms with E-state index < -0.39 is 0 Å². The van der Waals surface area contributed by atoms with Crippen molar-refractivity contribution in [2.45, 2.75) is 19.4 Å². The standard InChI is InChI=1S/C12H18N8O/c1-3-9-6-19(4-5-21-9)11-16-10(13-2)17-12(18-11)20-8-14-7-15-20/h7-9H,3-6H2,1-2H3,(H,13,16,17,18). The highest BCUT2D eigenvalue weighted by Gasteiger charge is 2.22. The van der Waals surface area contributed by atoms with Crippen molar-refractivity contribution in [3.63, 3.8) is 0 Å². The van der Waals surface area contributed by atoms with Crippen LogP contribution in [-0.2, 0) is 4.74 Å². The molecule has 1 fully saturated rings. The molecule has 2 aromatic heterocycles. The number of aromatic nitrogens is 6. The first kappa shape index (κ1) is 13.7. The molecule has 1 aliphatic heterocycles. The lowest BCUT2D eigenvalue weighted by atomic mass is 10.2. The van der Waals surface area contributed by atoms with E-state index in [1.165, 1.54) is 11.0 Å². The number of nitrogens with zero attached hydrogens (tertiary/aromatic N) is 7. The summed E-state index contributed by atoms with van der Waals surface area (Å²) in [7, 11) is 1.78. The van der Waals surface area contributed by atoms with E-state index in [0.29, 0.717) is 24.5 Å². The van der Waals surface area contributed by atoms with Gasteiger partial charge in [-0.2, -0.15) is 24.7 Å².